The minimum Gasteiger partial charge on any atom is -0.495 e. The molecule has 2 N–H and O–H groups in total. The highest BCUT2D eigenvalue weighted by molar-refractivity contribution is 7.92. The molecule has 32 heavy (non-hydrogen) atoms. The molecule has 1 heterocycles. The van der Waals surface area contributed by atoms with Crippen LogP contribution in [0.3, 0.4) is 0 Å². The molecule has 0 atom stereocenters. The van der Waals surface area contributed by atoms with E-state index in [1.165, 1.54) is 44.4 Å². The lowest BCUT2D eigenvalue weighted by atomic mass is 10.2. The second-order valence-corrected chi connectivity index (χ2v) is 8.65. The number of ether oxygens (including phenoxy) is 1. The van der Waals surface area contributed by atoms with Crippen molar-refractivity contribution < 1.29 is 26.9 Å². The third kappa shape index (κ3) is 5.14. The van der Waals surface area contributed by atoms with Crippen molar-refractivity contribution in [2.45, 2.75) is 25.7 Å². The van der Waals surface area contributed by atoms with Gasteiger partial charge in [-0.25, -0.2) is 12.8 Å². The molecule has 0 fully saturated rings. The Morgan fingerprint density at radius 3 is 2.56 bits per heavy atom. The number of sulfonamides is 1. The van der Waals surface area contributed by atoms with Gasteiger partial charge in [0.1, 0.15) is 27.8 Å². The van der Waals surface area contributed by atoms with E-state index in [1.54, 1.807) is 32.1 Å². The van der Waals surface area contributed by atoms with Crippen LogP contribution in [0.2, 0.25) is 0 Å². The molecule has 0 aliphatic heterocycles. The average molecular weight is 459 g/mol. The first-order valence-corrected chi connectivity index (χ1v) is 11.0. The van der Waals surface area contributed by atoms with Crippen molar-refractivity contribution in [2.75, 3.05) is 17.1 Å². The van der Waals surface area contributed by atoms with Crippen LogP contribution in [0.1, 0.15) is 29.5 Å². The lowest BCUT2D eigenvalue weighted by Gasteiger charge is -2.14. The zero-order valence-electron chi connectivity index (χ0n) is 17.9. The van der Waals surface area contributed by atoms with Crippen molar-refractivity contribution >= 4 is 39.5 Å². The molecule has 0 saturated heterocycles. The predicted molar refractivity (Wildman–Crippen MR) is 119 cm³/mol. The topological polar surface area (TPSA) is 111 Å². The Kier molecular flexibility index (Phi) is 6.64. The molecule has 0 aliphatic rings. The van der Waals surface area contributed by atoms with E-state index in [0.29, 0.717) is 28.3 Å². The molecule has 8 nitrogen and oxygen atoms in total. The van der Waals surface area contributed by atoms with Crippen LogP contribution in [-0.2, 0) is 14.8 Å². The van der Waals surface area contributed by atoms with E-state index in [-0.39, 0.29) is 22.2 Å². The molecule has 3 aromatic rings. The molecule has 2 aromatic carbocycles. The van der Waals surface area contributed by atoms with Gasteiger partial charge in [-0.1, -0.05) is 17.3 Å². The number of amides is 1. The number of hydrogen-bond acceptors (Lipinski definition) is 6. The Morgan fingerprint density at radius 1 is 1.16 bits per heavy atom. The summed E-state index contributed by atoms with van der Waals surface area (Å²) in [7, 11) is -2.68. The summed E-state index contributed by atoms with van der Waals surface area (Å²) in [5.74, 6) is -0.274. The van der Waals surface area contributed by atoms with Crippen molar-refractivity contribution in [3.05, 3.63) is 64.8 Å². The van der Waals surface area contributed by atoms with Gasteiger partial charge in [-0.3, -0.25) is 9.52 Å². The van der Waals surface area contributed by atoms with Crippen LogP contribution in [0.15, 0.2) is 45.8 Å². The Balaban J connectivity index is 1.95. The second kappa shape index (κ2) is 9.23. The van der Waals surface area contributed by atoms with Crippen LogP contribution in [0.5, 0.6) is 5.75 Å². The highest BCUT2D eigenvalue weighted by Gasteiger charge is 2.21. The van der Waals surface area contributed by atoms with Crippen molar-refractivity contribution in [2.24, 2.45) is 0 Å². The van der Waals surface area contributed by atoms with Crippen LogP contribution in [0.25, 0.3) is 12.2 Å². The lowest BCUT2D eigenvalue weighted by Crippen LogP contribution is -2.15. The van der Waals surface area contributed by atoms with Crippen LogP contribution in [-0.4, -0.2) is 26.6 Å². The van der Waals surface area contributed by atoms with E-state index in [9.17, 15) is 17.6 Å². The normalized spacial score (nSPS) is 11.5. The average Bonchev–Trinajstić information content (AvgIpc) is 3.07. The number of carbonyl (C=O) groups is 1. The number of methoxy groups -OCH3 is 1. The number of nitrogens with zero attached hydrogens (tertiary/aromatic N) is 1. The molecule has 168 valence electrons. The number of benzene rings is 2. The van der Waals surface area contributed by atoms with E-state index in [2.05, 4.69) is 15.2 Å². The Bertz CT molecular complexity index is 1300. The van der Waals surface area contributed by atoms with Gasteiger partial charge in [0.2, 0.25) is 5.91 Å². The van der Waals surface area contributed by atoms with E-state index >= 15 is 0 Å². The smallest absolute Gasteiger partial charge is 0.265 e. The van der Waals surface area contributed by atoms with Gasteiger partial charge >= 0.3 is 0 Å². The van der Waals surface area contributed by atoms with E-state index in [4.69, 9.17) is 9.26 Å². The largest absolute Gasteiger partial charge is 0.495 e. The molecule has 0 saturated carbocycles. The van der Waals surface area contributed by atoms with Gasteiger partial charge in [-0.15, -0.1) is 0 Å². The summed E-state index contributed by atoms with van der Waals surface area (Å²) in [5, 5.41) is 6.48. The summed E-state index contributed by atoms with van der Waals surface area (Å²) in [5.41, 5.74) is 2.17. The lowest BCUT2D eigenvalue weighted by molar-refractivity contribution is -0.114. The van der Waals surface area contributed by atoms with Gasteiger partial charge < -0.3 is 14.6 Å². The van der Waals surface area contributed by atoms with Crippen LogP contribution in [0, 0.1) is 19.7 Å². The molecule has 0 radical (unpaired) electrons. The molecule has 1 aromatic heterocycles. The number of anilines is 2. The van der Waals surface area contributed by atoms with Gasteiger partial charge in [0.25, 0.3) is 10.0 Å². The first-order valence-electron chi connectivity index (χ1n) is 9.49. The van der Waals surface area contributed by atoms with Crippen LogP contribution < -0.4 is 14.8 Å². The third-order valence-electron chi connectivity index (χ3n) is 4.53. The van der Waals surface area contributed by atoms with Crippen molar-refractivity contribution in [3.63, 3.8) is 0 Å². The quantitative estimate of drug-likeness (QED) is 0.543. The van der Waals surface area contributed by atoms with Gasteiger partial charge in [-0.2, -0.15) is 0 Å². The number of aromatic nitrogens is 1. The number of carbonyl (C=O) groups excluding carboxylic acids is 1. The summed E-state index contributed by atoms with van der Waals surface area (Å²) in [6.45, 7) is 4.66. The summed E-state index contributed by atoms with van der Waals surface area (Å²) in [6, 6.07) is 8.38. The maximum absolute atomic E-state index is 13.4. The zero-order chi connectivity index (χ0) is 23.5. The molecule has 0 bridgehead atoms. The molecule has 0 aliphatic carbocycles. The molecule has 3 rings (SSSR count). The monoisotopic (exact) mass is 459 g/mol. The first-order chi connectivity index (χ1) is 15.1. The third-order valence-corrected chi connectivity index (χ3v) is 5.91. The van der Waals surface area contributed by atoms with Crippen LogP contribution in [0.4, 0.5) is 15.8 Å². The molecule has 1 amide bonds. The molecule has 0 spiro atoms. The molecule has 10 heteroatoms. The van der Waals surface area contributed by atoms with Crippen molar-refractivity contribution in [1.29, 1.82) is 0 Å². The second-order valence-electron chi connectivity index (χ2n) is 7.00. The Hall–Kier alpha value is -3.66. The minimum atomic E-state index is -4.04. The first kappa shape index (κ1) is 23.0. The van der Waals surface area contributed by atoms with E-state index in [1.807, 2.05) is 0 Å². The van der Waals surface area contributed by atoms with Crippen molar-refractivity contribution in [3.8, 4) is 5.75 Å². The number of aryl methyl sites for hydroxylation is 2. The van der Waals surface area contributed by atoms with Gasteiger partial charge in [0.15, 0.2) is 5.76 Å². The highest BCUT2D eigenvalue weighted by atomic mass is 32.2. The summed E-state index contributed by atoms with van der Waals surface area (Å²) >= 11 is 0. The van der Waals surface area contributed by atoms with Crippen LogP contribution >= 0.6 is 0 Å². The highest BCUT2D eigenvalue weighted by Crippen LogP contribution is 2.29. The van der Waals surface area contributed by atoms with Gasteiger partial charge in [-0.05, 0) is 61.4 Å². The molecular weight excluding hydrogens is 437 g/mol. The summed E-state index contributed by atoms with van der Waals surface area (Å²) in [6.07, 6.45) is 3.19. The number of nitrogens with one attached hydrogen (secondary N) is 2. The predicted octanol–water partition coefficient (Wildman–Crippen LogP) is 4.37. The maximum Gasteiger partial charge on any atom is 0.265 e. The Morgan fingerprint density at radius 2 is 1.91 bits per heavy atom. The van der Waals surface area contributed by atoms with Crippen molar-refractivity contribution in [1.82, 2.24) is 5.16 Å². The number of hydrogen-bond donors (Lipinski definition) is 2. The Labute approximate surface area is 185 Å². The fourth-order valence-corrected chi connectivity index (χ4v) is 4.29. The zero-order valence-corrected chi connectivity index (χ0v) is 18.7. The van der Waals surface area contributed by atoms with Gasteiger partial charge in [0, 0.05) is 6.92 Å². The standard InChI is InChI=1S/C22H22FN3O5S/c1-13-11-17(23)7-8-18(13)26-32(28,29)21-12-16(5-9-19(21)30-4)6-10-20-22(24-15(3)27)14(2)25-31-20/h5-12,26H,1-4H3,(H,24,27). The molecular formula is C22H22FN3O5S. The molecule has 0 unspecified atom stereocenters. The number of halogens is 1. The minimum absolute atomic E-state index is 0.0956. The fraction of sp³-hybridized carbons (Fsp3) is 0.182. The summed E-state index contributed by atoms with van der Waals surface area (Å²) < 4.78 is 52.4. The van der Waals surface area contributed by atoms with E-state index in [0.717, 1.165) is 0 Å². The van der Waals surface area contributed by atoms with Gasteiger partial charge in [0.05, 0.1) is 12.8 Å². The van der Waals surface area contributed by atoms with E-state index < -0.39 is 15.8 Å². The SMILES string of the molecule is COc1ccc(C=Cc2onc(C)c2NC(C)=O)cc1S(=O)(=O)Nc1ccc(F)cc1C. The fourth-order valence-electron chi connectivity index (χ4n) is 2.95. The summed E-state index contributed by atoms with van der Waals surface area (Å²) in [4.78, 5) is 11.3. The maximum atomic E-state index is 13.4. The number of rotatable bonds is 7.